The number of hydrogen-bond acceptors (Lipinski definition) is 7. The minimum atomic E-state index is 0. The van der Waals surface area contributed by atoms with Gasteiger partial charge in [-0.2, -0.15) is 10.2 Å². The molecule has 118 valence electrons. The number of benzene rings is 1. The molecule has 23 heavy (non-hydrogen) atoms. The van der Waals surface area contributed by atoms with Crippen LogP contribution in [-0.4, -0.2) is 35.5 Å². The second-order valence-electron chi connectivity index (χ2n) is 3.95. The normalized spacial score (nSPS) is 13.3. The molecule has 0 saturated carbocycles. The fourth-order valence-electron chi connectivity index (χ4n) is 1.40. The van der Waals surface area contributed by atoms with Crippen LogP contribution >= 0.6 is 0 Å². The van der Waals surface area contributed by atoms with Gasteiger partial charge in [0.25, 0.3) is 0 Å². The Kier molecular flexibility index (Phi) is 11.3. The summed E-state index contributed by atoms with van der Waals surface area (Å²) in [5.74, 6) is 0. The molecule has 0 aliphatic heterocycles. The third-order valence-electron chi connectivity index (χ3n) is 2.39. The zero-order valence-electron chi connectivity index (χ0n) is 13.3. The Morgan fingerprint density at radius 1 is 1.09 bits per heavy atom. The van der Waals surface area contributed by atoms with Crippen molar-refractivity contribution in [3.63, 3.8) is 0 Å². The van der Waals surface area contributed by atoms with E-state index < -0.39 is 0 Å². The summed E-state index contributed by atoms with van der Waals surface area (Å²) < 4.78 is 5.09. The second kappa shape index (κ2) is 12.0. The standard InChI is InChI=1S/C14H19N5OS2.Zn/c1-4-20-14(22)19-17-12(11-8-6-5-7-9-11)10(2)16-18-13(21)15-3;/h5-9H,4H2,1-3H3,(H,19,22)(H2,15,18,21);/q;+2/p-2/b16-10+,17-12-;. The monoisotopic (exact) mass is 399 g/mol. The van der Waals surface area contributed by atoms with Crippen LogP contribution in [0.2, 0.25) is 0 Å². The van der Waals surface area contributed by atoms with Crippen LogP contribution in [0.3, 0.4) is 0 Å². The van der Waals surface area contributed by atoms with Gasteiger partial charge in [0.15, 0.2) is 0 Å². The van der Waals surface area contributed by atoms with E-state index in [-0.39, 0.29) is 29.9 Å². The summed E-state index contributed by atoms with van der Waals surface area (Å²) in [4.78, 5) is 0. The van der Waals surface area contributed by atoms with E-state index >= 15 is 0 Å². The van der Waals surface area contributed by atoms with Crippen LogP contribution in [-0.2, 0) is 49.5 Å². The number of rotatable bonds is 5. The molecule has 0 fully saturated rings. The fraction of sp³-hybridized carbons (Fsp3) is 0.286. The minimum Gasteiger partial charge on any atom is -0.741 e. The van der Waals surface area contributed by atoms with Crippen LogP contribution in [0, 0.1) is 0 Å². The number of hydrogen-bond donors (Lipinski definition) is 1. The van der Waals surface area contributed by atoms with E-state index in [1.165, 1.54) is 0 Å². The van der Waals surface area contributed by atoms with E-state index in [0.29, 0.717) is 18.0 Å². The van der Waals surface area contributed by atoms with E-state index in [9.17, 15) is 0 Å². The first-order chi connectivity index (χ1) is 10.6. The van der Waals surface area contributed by atoms with Gasteiger partial charge in [-0.15, -0.1) is 10.2 Å². The molecule has 0 saturated heterocycles. The Morgan fingerprint density at radius 3 is 2.30 bits per heavy atom. The number of ether oxygens (including phenoxy) is 1. The number of nitrogens with one attached hydrogen (secondary N) is 1. The molecule has 0 radical (unpaired) electrons. The summed E-state index contributed by atoms with van der Waals surface area (Å²) in [5, 5.41) is 19.0. The molecule has 0 amide bonds. The molecule has 1 aromatic rings. The smallest absolute Gasteiger partial charge is 0.741 e. The predicted molar refractivity (Wildman–Crippen MR) is 96.4 cm³/mol. The topological polar surface area (TPSA) is 70.7 Å². The van der Waals surface area contributed by atoms with Crippen molar-refractivity contribution in [2.45, 2.75) is 13.8 Å². The maximum Gasteiger partial charge on any atom is 2.00 e. The number of nitrogens with zero attached hydrogens (tertiary/aromatic N) is 4. The molecule has 0 aliphatic rings. The summed E-state index contributed by atoms with van der Waals surface area (Å²) in [6, 6.07) is 9.50. The molecular formula is C14H17N5OS2Zn. The Morgan fingerprint density at radius 2 is 1.74 bits per heavy atom. The molecule has 0 bridgehead atoms. The summed E-state index contributed by atoms with van der Waals surface area (Å²) in [6.45, 7) is 4.04. The zero-order chi connectivity index (χ0) is 16.4. The molecule has 0 spiro atoms. The second-order valence-corrected chi connectivity index (χ2v) is 4.69. The third-order valence-corrected chi connectivity index (χ3v) is 2.88. The van der Waals surface area contributed by atoms with Crippen molar-refractivity contribution in [2.24, 2.45) is 20.4 Å². The molecule has 0 atom stereocenters. The van der Waals surface area contributed by atoms with Gasteiger partial charge in [-0.25, -0.2) is 0 Å². The molecule has 9 heteroatoms. The minimum absolute atomic E-state index is 0. The first-order valence-corrected chi connectivity index (χ1v) is 7.38. The van der Waals surface area contributed by atoms with Crippen LogP contribution in [0.5, 0.6) is 0 Å². The largest absolute Gasteiger partial charge is 2.00 e. The van der Waals surface area contributed by atoms with Crippen LogP contribution in [0.25, 0.3) is 0 Å². The molecule has 6 nitrogen and oxygen atoms in total. The fourth-order valence-corrected chi connectivity index (χ4v) is 1.60. The maximum absolute atomic E-state index is 5.09. The summed E-state index contributed by atoms with van der Waals surface area (Å²) in [5.41, 5.74) is 1.95. The van der Waals surface area contributed by atoms with Crippen molar-refractivity contribution in [2.75, 3.05) is 13.7 Å². The van der Waals surface area contributed by atoms with Crippen LogP contribution in [0.1, 0.15) is 19.4 Å². The Labute approximate surface area is 160 Å². The van der Waals surface area contributed by atoms with Crippen molar-refractivity contribution in [3.05, 3.63) is 35.9 Å². The van der Waals surface area contributed by atoms with Crippen molar-refractivity contribution in [3.8, 4) is 0 Å². The van der Waals surface area contributed by atoms with Gasteiger partial charge in [0.2, 0.25) is 0 Å². The summed E-state index contributed by atoms with van der Waals surface area (Å²) >= 11 is 9.87. The average molecular weight is 401 g/mol. The van der Waals surface area contributed by atoms with Crippen molar-refractivity contribution in [1.29, 1.82) is 0 Å². The Bertz CT molecular complexity index is 602. The van der Waals surface area contributed by atoms with Crippen molar-refractivity contribution >= 4 is 47.1 Å². The van der Waals surface area contributed by atoms with Gasteiger partial charge in [0, 0.05) is 12.6 Å². The van der Waals surface area contributed by atoms with Gasteiger partial charge in [0.1, 0.15) is 5.71 Å². The Hall–Kier alpha value is -1.44. The molecule has 0 aromatic heterocycles. The molecule has 1 rings (SSSR count). The number of amidine groups is 1. The van der Waals surface area contributed by atoms with Crippen LogP contribution < -0.4 is 5.32 Å². The average Bonchev–Trinajstić information content (AvgIpc) is 2.54. The van der Waals surface area contributed by atoms with Gasteiger partial charge >= 0.3 is 19.5 Å². The third kappa shape index (κ3) is 8.11. The molecule has 1 aromatic carbocycles. The van der Waals surface area contributed by atoms with E-state index in [2.05, 4.69) is 25.7 Å². The van der Waals surface area contributed by atoms with Crippen LogP contribution in [0.4, 0.5) is 0 Å². The Balaban J connectivity index is 0.00000484. The van der Waals surface area contributed by atoms with Gasteiger partial charge < -0.3 is 35.3 Å². The van der Waals surface area contributed by atoms with Crippen molar-refractivity contribution in [1.82, 2.24) is 5.32 Å². The van der Waals surface area contributed by atoms with E-state index in [0.717, 1.165) is 5.56 Å². The van der Waals surface area contributed by atoms with Gasteiger partial charge in [-0.3, -0.25) is 0 Å². The first kappa shape index (κ1) is 21.6. The van der Waals surface area contributed by atoms with Crippen LogP contribution in [0.15, 0.2) is 50.7 Å². The molecule has 1 N–H and O–H groups in total. The first-order valence-electron chi connectivity index (χ1n) is 6.56. The van der Waals surface area contributed by atoms with Gasteiger partial charge in [-0.1, -0.05) is 30.3 Å². The molecular weight excluding hydrogens is 384 g/mol. The van der Waals surface area contributed by atoms with E-state index in [1.807, 2.05) is 37.3 Å². The zero-order valence-corrected chi connectivity index (χ0v) is 17.9. The van der Waals surface area contributed by atoms with E-state index in [4.69, 9.17) is 30.0 Å². The molecule has 0 aliphatic carbocycles. The van der Waals surface area contributed by atoms with Crippen molar-refractivity contribution < 1.29 is 24.2 Å². The molecule has 0 heterocycles. The predicted octanol–water partition coefficient (Wildman–Crippen LogP) is 1.83. The summed E-state index contributed by atoms with van der Waals surface area (Å²) in [6.07, 6.45) is 0. The van der Waals surface area contributed by atoms with Gasteiger partial charge in [-0.05, 0) is 19.0 Å². The quantitative estimate of drug-likeness (QED) is 0.269. The molecule has 0 unspecified atom stereocenters. The van der Waals surface area contributed by atoms with E-state index in [1.54, 1.807) is 14.0 Å². The summed E-state index contributed by atoms with van der Waals surface area (Å²) in [7, 11) is 1.68. The van der Waals surface area contributed by atoms with Gasteiger partial charge in [0.05, 0.1) is 17.5 Å². The maximum atomic E-state index is 5.09. The SMILES string of the molecule is CCO/C([S-])=N/N=C(/C(C)=N/N=C(\[S-])NC)c1ccccc1.[Zn+2].